The summed E-state index contributed by atoms with van der Waals surface area (Å²) in [6, 6.07) is 3.78. The third-order valence-electron chi connectivity index (χ3n) is 3.17. The maximum Gasteiger partial charge on any atom is 0.305 e. The van der Waals surface area contributed by atoms with Gasteiger partial charge in [0.2, 0.25) is 0 Å². The average Bonchev–Trinajstić information content (AvgIpc) is 2.36. The van der Waals surface area contributed by atoms with Gasteiger partial charge in [0, 0.05) is 18.4 Å². The molecule has 1 aromatic rings. The third-order valence-corrected chi connectivity index (χ3v) is 3.17. The Morgan fingerprint density at radius 2 is 1.67 bits per heavy atom. The van der Waals surface area contributed by atoms with Gasteiger partial charge in [0.25, 0.3) is 0 Å². The fourth-order valence-electron chi connectivity index (χ4n) is 2.32. The number of hydrogen-bond acceptors (Lipinski definition) is 4. The van der Waals surface area contributed by atoms with E-state index in [2.05, 4.69) is 4.74 Å². The van der Waals surface area contributed by atoms with Crippen molar-refractivity contribution in [1.82, 2.24) is 0 Å². The van der Waals surface area contributed by atoms with Crippen LogP contribution in [0.15, 0.2) is 12.1 Å². The Hall–Kier alpha value is -1.84. The molecule has 0 aliphatic carbocycles. The molecule has 0 unspecified atom stereocenters. The predicted molar refractivity (Wildman–Crippen MR) is 81.9 cm³/mol. The molecule has 1 rings (SSSR count). The zero-order valence-corrected chi connectivity index (χ0v) is 13.5. The number of methoxy groups -OCH3 is 1. The summed E-state index contributed by atoms with van der Waals surface area (Å²) in [7, 11) is 1.35. The molecular weight excluding hydrogens is 268 g/mol. The monoisotopic (exact) mass is 292 g/mol. The molecule has 0 bridgehead atoms. The van der Waals surface area contributed by atoms with Crippen LogP contribution in [0.25, 0.3) is 0 Å². The Balaban J connectivity index is 2.78. The van der Waals surface area contributed by atoms with Gasteiger partial charge >= 0.3 is 5.97 Å². The van der Waals surface area contributed by atoms with Gasteiger partial charge in [-0.1, -0.05) is 0 Å². The maximum absolute atomic E-state index is 12.3. The molecule has 116 valence electrons. The molecule has 0 fully saturated rings. The summed E-state index contributed by atoms with van der Waals surface area (Å²) < 4.78 is 10.2. The second-order valence-electron chi connectivity index (χ2n) is 5.45. The Morgan fingerprint density at radius 1 is 1.10 bits per heavy atom. The Labute approximate surface area is 126 Å². The third kappa shape index (κ3) is 5.21. The first-order valence-electron chi connectivity index (χ1n) is 7.23. The van der Waals surface area contributed by atoms with E-state index in [-0.39, 0.29) is 24.3 Å². The van der Waals surface area contributed by atoms with E-state index in [1.807, 2.05) is 39.8 Å². The first-order chi connectivity index (χ1) is 9.85. The zero-order valence-electron chi connectivity index (χ0n) is 13.5. The minimum atomic E-state index is -0.281. The summed E-state index contributed by atoms with van der Waals surface area (Å²) in [4.78, 5) is 23.4. The first-order valence-corrected chi connectivity index (χ1v) is 7.23. The molecule has 0 atom stereocenters. The van der Waals surface area contributed by atoms with Crippen molar-refractivity contribution in [2.45, 2.75) is 53.1 Å². The van der Waals surface area contributed by atoms with Crippen molar-refractivity contribution in [3.05, 3.63) is 28.8 Å². The first kappa shape index (κ1) is 17.2. The molecule has 4 heteroatoms. The van der Waals surface area contributed by atoms with Crippen molar-refractivity contribution >= 4 is 11.8 Å². The van der Waals surface area contributed by atoms with E-state index in [1.165, 1.54) is 7.11 Å². The number of Topliss-reactive ketones (excluding diaryl/α,β-unsaturated/α-hetero) is 1. The van der Waals surface area contributed by atoms with Gasteiger partial charge in [0.15, 0.2) is 5.78 Å². The van der Waals surface area contributed by atoms with Gasteiger partial charge in [0.05, 0.1) is 13.2 Å². The van der Waals surface area contributed by atoms with Crippen LogP contribution in [-0.4, -0.2) is 25.0 Å². The van der Waals surface area contributed by atoms with Gasteiger partial charge < -0.3 is 9.47 Å². The van der Waals surface area contributed by atoms with Crippen LogP contribution in [0.1, 0.15) is 54.6 Å². The van der Waals surface area contributed by atoms with Crippen molar-refractivity contribution in [3.8, 4) is 5.75 Å². The number of rotatable bonds is 7. The van der Waals surface area contributed by atoms with E-state index in [0.717, 1.165) is 22.4 Å². The standard InChI is InChI=1S/C17H24O4/c1-11(2)21-14-9-12(3)17(13(4)10-14)15(18)7-6-8-16(19)20-5/h9-11H,6-8H2,1-5H3. The highest BCUT2D eigenvalue weighted by atomic mass is 16.5. The van der Waals surface area contributed by atoms with E-state index in [1.54, 1.807) is 0 Å². The number of ketones is 1. The van der Waals surface area contributed by atoms with Gasteiger partial charge in [-0.3, -0.25) is 9.59 Å². The summed E-state index contributed by atoms with van der Waals surface area (Å²) >= 11 is 0. The highest BCUT2D eigenvalue weighted by Crippen LogP contribution is 2.24. The fourth-order valence-corrected chi connectivity index (χ4v) is 2.32. The van der Waals surface area contributed by atoms with Crippen molar-refractivity contribution in [3.63, 3.8) is 0 Å². The van der Waals surface area contributed by atoms with Crippen LogP contribution in [0.5, 0.6) is 5.75 Å². The molecule has 0 spiro atoms. The molecule has 4 nitrogen and oxygen atoms in total. The number of carbonyl (C=O) groups excluding carboxylic acids is 2. The molecule has 0 aromatic heterocycles. The molecule has 0 radical (unpaired) electrons. The minimum Gasteiger partial charge on any atom is -0.491 e. The lowest BCUT2D eigenvalue weighted by molar-refractivity contribution is -0.140. The van der Waals surface area contributed by atoms with E-state index >= 15 is 0 Å². The van der Waals surface area contributed by atoms with Gasteiger partial charge in [-0.05, 0) is 57.4 Å². The predicted octanol–water partition coefficient (Wildman–Crippen LogP) is 3.62. The van der Waals surface area contributed by atoms with Gasteiger partial charge in [-0.25, -0.2) is 0 Å². The van der Waals surface area contributed by atoms with Gasteiger partial charge in [-0.15, -0.1) is 0 Å². The molecule has 0 saturated heterocycles. The van der Waals surface area contributed by atoms with Crippen LogP contribution < -0.4 is 4.74 Å². The summed E-state index contributed by atoms with van der Waals surface area (Å²) in [5, 5.41) is 0. The SMILES string of the molecule is COC(=O)CCCC(=O)c1c(C)cc(OC(C)C)cc1C. The van der Waals surface area contributed by atoms with Gasteiger partial charge in [-0.2, -0.15) is 0 Å². The van der Waals surface area contributed by atoms with Crippen molar-refractivity contribution in [2.24, 2.45) is 0 Å². The average molecular weight is 292 g/mol. The Bertz CT molecular complexity index is 495. The van der Waals surface area contributed by atoms with Crippen LogP contribution in [0.2, 0.25) is 0 Å². The highest BCUT2D eigenvalue weighted by molar-refractivity contribution is 5.99. The van der Waals surface area contributed by atoms with E-state index in [9.17, 15) is 9.59 Å². The summed E-state index contributed by atoms with van der Waals surface area (Å²) in [6.45, 7) is 7.76. The molecule has 0 aliphatic heterocycles. The topological polar surface area (TPSA) is 52.6 Å². The molecule has 21 heavy (non-hydrogen) atoms. The number of aryl methyl sites for hydroxylation is 2. The maximum atomic E-state index is 12.3. The molecule has 0 aliphatic rings. The largest absolute Gasteiger partial charge is 0.491 e. The molecule has 1 aromatic carbocycles. The lowest BCUT2D eigenvalue weighted by Crippen LogP contribution is -2.09. The van der Waals surface area contributed by atoms with Crippen molar-refractivity contribution in [1.29, 1.82) is 0 Å². The second kappa shape index (κ2) is 7.81. The number of esters is 1. The van der Waals surface area contributed by atoms with E-state index in [0.29, 0.717) is 12.8 Å². The summed E-state index contributed by atoms with van der Waals surface area (Å²) in [5.41, 5.74) is 2.55. The lowest BCUT2D eigenvalue weighted by Gasteiger charge is -2.14. The van der Waals surface area contributed by atoms with Crippen LogP contribution in [0, 0.1) is 13.8 Å². The van der Waals surface area contributed by atoms with Crippen LogP contribution in [0.4, 0.5) is 0 Å². The quantitative estimate of drug-likeness (QED) is 0.569. The zero-order chi connectivity index (χ0) is 16.0. The smallest absolute Gasteiger partial charge is 0.305 e. The minimum absolute atomic E-state index is 0.0602. The lowest BCUT2D eigenvalue weighted by atomic mass is 9.96. The molecule has 0 N–H and O–H groups in total. The molecule has 0 saturated carbocycles. The van der Waals surface area contributed by atoms with E-state index in [4.69, 9.17) is 4.74 Å². The Kier molecular flexibility index (Phi) is 6.40. The van der Waals surface area contributed by atoms with Crippen LogP contribution in [-0.2, 0) is 9.53 Å². The number of carbonyl (C=O) groups is 2. The van der Waals surface area contributed by atoms with Gasteiger partial charge in [0.1, 0.15) is 5.75 Å². The number of benzene rings is 1. The molecule has 0 heterocycles. The highest BCUT2D eigenvalue weighted by Gasteiger charge is 2.15. The summed E-state index contributed by atoms with van der Waals surface area (Å²) in [6.07, 6.45) is 1.23. The van der Waals surface area contributed by atoms with E-state index < -0.39 is 0 Å². The fraction of sp³-hybridized carbons (Fsp3) is 0.529. The number of hydrogen-bond donors (Lipinski definition) is 0. The molecular formula is C17H24O4. The summed E-state index contributed by atoms with van der Waals surface area (Å²) in [5.74, 6) is 0.563. The van der Waals surface area contributed by atoms with Crippen molar-refractivity contribution in [2.75, 3.05) is 7.11 Å². The van der Waals surface area contributed by atoms with Crippen molar-refractivity contribution < 1.29 is 19.1 Å². The number of ether oxygens (including phenoxy) is 2. The molecule has 0 amide bonds. The normalized spacial score (nSPS) is 10.6. The van der Waals surface area contributed by atoms with Crippen LogP contribution in [0.3, 0.4) is 0 Å². The van der Waals surface area contributed by atoms with Crippen LogP contribution >= 0.6 is 0 Å². The Morgan fingerprint density at radius 3 is 2.14 bits per heavy atom. The second-order valence-corrected chi connectivity index (χ2v) is 5.45.